The molecule has 3 N–H and O–H groups in total. The van der Waals surface area contributed by atoms with Crippen LogP contribution < -0.4 is 15.4 Å². The van der Waals surface area contributed by atoms with Crippen LogP contribution in [0.5, 0.6) is 6.01 Å². The van der Waals surface area contributed by atoms with Crippen molar-refractivity contribution in [3.8, 4) is 6.01 Å². The number of nitrogens with zero attached hydrogens (tertiary/aromatic N) is 5. The zero-order valence-corrected chi connectivity index (χ0v) is 25.3. The van der Waals surface area contributed by atoms with Gasteiger partial charge in [-0.25, -0.2) is 4.39 Å². The molecule has 236 valence electrons. The molecule has 1 aromatic carbocycles. The fourth-order valence-corrected chi connectivity index (χ4v) is 7.06. The number of anilines is 2. The van der Waals surface area contributed by atoms with Crippen LogP contribution in [0.4, 0.5) is 29.1 Å². The lowest BCUT2D eigenvalue weighted by Gasteiger charge is -2.43. The summed E-state index contributed by atoms with van der Waals surface area (Å²) >= 11 is 0. The van der Waals surface area contributed by atoms with Gasteiger partial charge in [0, 0.05) is 42.8 Å². The Morgan fingerprint density at radius 2 is 1.95 bits per heavy atom. The first-order valence-corrected chi connectivity index (χ1v) is 15.0. The molecule has 3 aliphatic rings. The van der Waals surface area contributed by atoms with Crippen LogP contribution in [0.3, 0.4) is 0 Å². The summed E-state index contributed by atoms with van der Waals surface area (Å²) in [5.74, 6) is -1.46. The summed E-state index contributed by atoms with van der Waals surface area (Å²) < 4.78 is 64.6. The molecule has 3 heterocycles. The number of aliphatic hydroxyl groups is 1. The van der Waals surface area contributed by atoms with E-state index in [-0.39, 0.29) is 41.7 Å². The summed E-state index contributed by atoms with van der Waals surface area (Å²) in [5.41, 5.74) is 5.54. The number of likely N-dealkylation sites (tertiary alicyclic amines) is 1. The Morgan fingerprint density at radius 1 is 1.21 bits per heavy atom. The number of nitrogen functional groups attached to an aromatic ring is 1. The molecule has 8 nitrogen and oxygen atoms in total. The van der Waals surface area contributed by atoms with E-state index in [2.05, 4.69) is 16.4 Å². The number of aliphatic hydroxyl groups excluding tert-OH is 1. The molecule has 0 bridgehead atoms. The smallest absolute Gasteiger partial charge is 0.417 e. The minimum atomic E-state index is -4.74. The number of likely N-dealkylation sites (N-methyl/N-ethyl adjacent to an activating group) is 1. The van der Waals surface area contributed by atoms with E-state index in [1.807, 2.05) is 25.8 Å². The Labute approximate surface area is 250 Å². The predicted molar refractivity (Wildman–Crippen MR) is 158 cm³/mol. The van der Waals surface area contributed by atoms with Gasteiger partial charge >= 0.3 is 12.2 Å². The summed E-state index contributed by atoms with van der Waals surface area (Å²) in [6.45, 7) is 12.0. The first-order valence-electron chi connectivity index (χ1n) is 15.0. The van der Waals surface area contributed by atoms with Gasteiger partial charge in [-0.1, -0.05) is 13.5 Å². The molecular formula is C31H42F4N6O2. The normalized spacial score (nSPS) is 25.9. The Bertz CT molecular complexity index is 1350. The van der Waals surface area contributed by atoms with Crippen molar-refractivity contribution in [3.05, 3.63) is 52.5 Å². The molecule has 2 saturated heterocycles. The highest BCUT2D eigenvalue weighted by atomic mass is 19.4. The van der Waals surface area contributed by atoms with E-state index in [0.29, 0.717) is 44.2 Å². The number of hydrogen-bond acceptors (Lipinski definition) is 8. The minimum absolute atomic E-state index is 0.0324. The van der Waals surface area contributed by atoms with Crippen LogP contribution in [0, 0.1) is 18.7 Å². The molecule has 5 atom stereocenters. The number of benzene rings is 1. The first-order chi connectivity index (χ1) is 20.3. The average molecular weight is 607 g/mol. The maximum Gasteiger partial charge on any atom is 0.417 e. The third-order valence-electron chi connectivity index (χ3n) is 9.45. The Morgan fingerprint density at radius 3 is 2.58 bits per heavy atom. The van der Waals surface area contributed by atoms with Crippen molar-refractivity contribution in [1.29, 1.82) is 0 Å². The molecule has 2 fully saturated rings. The van der Waals surface area contributed by atoms with Gasteiger partial charge in [0.15, 0.2) is 0 Å². The molecule has 2 aromatic rings. The number of alkyl halides is 3. The molecule has 0 saturated carbocycles. The van der Waals surface area contributed by atoms with E-state index >= 15 is 4.39 Å². The third kappa shape index (κ3) is 6.19. The van der Waals surface area contributed by atoms with E-state index < -0.39 is 35.3 Å². The zero-order valence-electron chi connectivity index (χ0n) is 25.3. The maximum atomic E-state index is 15.5. The highest BCUT2D eigenvalue weighted by Crippen LogP contribution is 2.47. The van der Waals surface area contributed by atoms with Crippen LogP contribution in [0.1, 0.15) is 60.6 Å². The number of halogens is 4. The molecule has 0 radical (unpaired) electrons. The highest BCUT2D eigenvalue weighted by molar-refractivity contribution is 5.57. The first kappa shape index (κ1) is 31.5. The minimum Gasteiger partial charge on any atom is -0.462 e. The number of fused-ring (bicyclic) bond motifs is 1. The summed E-state index contributed by atoms with van der Waals surface area (Å²) in [4.78, 5) is 15.9. The van der Waals surface area contributed by atoms with Crippen LogP contribution in [0.2, 0.25) is 0 Å². The second-order valence-corrected chi connectivity index (χ2v) is 12.4. The van der Waals surface area contributed by atoms with Gasteiger partial charge in [0.1, 0.15) is 24.5 Å². The van der Waals surface area contributed by atoms with Gasteiger partial charge in [-0.2, -0.15) is 23.1 Å². The maximum absolute atomic E-state index is 15.5. The number of hydrogen-bond donors (Lipinski definition) is 2. The lowest BCUT2D eigenvalue weighted by Crippen LogP contribution is -2.55. The summed E-state index contributed by atoms with van der Waals surface area (Å²) in [6, 6.07) is 1.41. The molecule has 0 spiro atoms. The van der Waals surface area contributed by atoms with E-state index in [1.54, 1.807) is 0 Å². The highest BCUT2D eigenvalue weighted by Gasteiger charge is 2.43. The molecule has 5 rings (SSSR count). The number of ether oxygens (including phenoxy) is 1. The Balaban J connectivity index is 1.55. The lowest BCUT2D eigenvalue weighted by molar-refractivity contribution is -0.139. The number of nitrogens with two attached hydrogens (primary N) is 1. The number of piperazine rings is 1. The van der Waals surface area contributed by atoms with Crippen LogP contribution >= 0.6 is 0 Å². The topological polar surface area (TPSA) is 91.0 Å². The van der Waals surface area contributed by atoms with E-state index in [0.717, 1.165) is 31.0 Å². The molecule has 0 amide bonds. The molecule has 2 aliphatic heterocycles. The van der Waals surface area contributed by atoms with Crippen LogP contribution in [-0.2, 0) is 19.0 Å². The van der Waals surface area contributed by atoms with E-state index in [4.69, 9.17) is 20.4 Å². The average Bonchev–Trinajstić information content (AvgIpc) is 3.36. The van der Waals surface area contributed by atoms with Gasteiger partial charge in [-0.3, -0.25) is 4.90 Å². The van der Waals surface area contributed by atoms with Crippen LogP contribution in [0.15, 0.2) is 18.7 Å². The lowest BCUT2D eigenvalue weighted by atomic mass is 9.73. The van der Waals surface area contributed by atoms with Gasteiger partial charge in [0.2, 0.25) is 0 Å². The molecule has 1 aromatic heterocycles. The van der Waals surface area contributed by atoms with Gasteiger partial charge in [-0.15, -0.1) is 0 Å². The second kappa shape index (κ2) is 12.2. The number of rotatable bonds is 7. The Kier molecular flexibility index (Phi) is 8.93. The van der Waals surface area contributed by atoms with Crippen molar-refractivity contribution >= 4 is 11.5 Å². The van der Waals surface area contributed by atoms with Gasteiger partial charge < -0.3 is 25.4 Å². The van der Waals surface area contributed by atoms with E-state index in [1.165, 1.54) is 13.0 Å². The van der Waals surface area contributed by atoms with Crippen molar-refractivity contribution in [2.45, 2.75) is 76.9 Å². The van der Waals surface area contributed by atoms with Crippen LogP contribution in [-0.4, -0.2) is 83.0 Å². The summed E-state index contributed by atoms with van der Waals surface area (Å²) in [5, 5.41) is 10.3. The second-order valence-electron chi connectivity index (χ2n) is 12.4. The molecular weight excluding hydrogens is 564 g/mol. The quantitative estimate of drug-likeness (QED) is 0.270. The summed E-state index contributed by atoms with van der Waals surface area (Å²) in [7, 11) is 2.05. The molecule has 1 unspecified atom stereocenters. The number of aromatic nitrogens is 2. The number of aryl methyl sites for hydroxylation is 1. The molecule has 12 heteroatoms. The van der Waals surface area contributed by atoms with Gasteiger partial charge in [0.25, 0.3) is 0 Å². The standard InChI is InChI=1S/C31H42F4N6O2/c1-6-25(42)40-10-11-41(19(4)15-40)29-22-12-17(2)21(26-27(31(33,34)35)18(3)13-23(36)28(26)32)14-24(22)37-30(38-29)43-16-20-8-7-9-39(20)5/h6,13,17,19-21,25,42H,1,7-12,14-16,36H2,2-5H3/t17-,19+,20+,21-,25?/m1/s1. The van der Waals surface area contributed by atoms with Gasteiger partial charge in [-0.05, 0) is 82.7 Å². The van der Waals surface area contributed by atoms with Crippen LogP contribution in [0.25, 0.3) is 0 Å². The fraction of sp³-hybridized carbons (Fsp3) is 0.613. The van der Waals surface area contributed by atoms with Crippen molar-refractivity contribution in [3.63, 3.8) is 0 Å². The fourth-order valence-electron chi connectivity index (χ4n) is 7.06. The van der Waals surface area contributed by atoms with Crippen molar-refractivity contribution in [2.75, 3.05) is 50.5 Å². The monoisotopic (exact) mass is 606 g/mol. The van der Waals surface area contributed by atoms with Crippen molar-refractivity contribution in [1.82, 2.24) is 19.8 Å². The zero-order chi connectivity index (χ0) is 31.2. The largest absolute Gasteiger partial charge is 0.462 e. The van der Waals surface area contributed by atoms with Gasteiger partial charge in [0.05, 0.1) is 16.9 Å². The molecule has 43 heavy (non-hydrogen) atoms. The SMILES string of the molecule is C=CC(O)N1CCN(c2nc(OC[C@@H]3CCCN3C)nc3c2C[C@@H](C)[C@H](c2c(F)c(N)cc(C)c2C(F)(F)F)C3)[C@@H](C)C1. The molecule has 1 aliphatic carbocycles. The third-order valence-corrected chi connectivity index (χ3v) is 9.45. The predicted octanol–water partition coefficient (Wildman–Crippen LogP) is 4.53. The Hall–Kier alpha value is -2.96. The summed E-state index contributed by atoms with van der Waals surface area (Å²) in [6.07, 6.45) is -1.47. The van der Waals surface area contributed by atoms with Crippen molar-refractivity contribution in [2.24, 2.45) is 5.92 Å². The van der Waals surface area contributed by atoms with E-state index in [9.17, 15) is 18.3 Å². The van der Waals surface area contributed by atoms with Crippen molar-refractivity contribution < 1.29 is 27.4 Å².